The van der Waals surface area contributed by atoms with Crippen molar-refractivity contribution in [3.8, 4) is 5.75 Å². The number of nitrogens with zero attached hydrogens (tertiary/aromatic N) is 3. The monoisotopic (exact) mass is 720 g/mol. The number of hydrogen-bond acceptors (Lipinski definition) is 7. The van der Waals surface area contributed by atoms with Gasteiger partial charge in [0.25, 0.3) is 11.8 Å². The number of allylic oxidation sites excluding steroid dienone is 2. The number of aromatic hydroxyl groups is 1. The Morgan fingerprint density at radius 3 is 2.11 bits per heavy atom. The number of anilines is 1. The first-order valence-electron chi connectivity index (χ1n) is 19.1. The maximum absolute atomic E-state index is 15.2. The minimum Gasteiger partial charge on any atom is -0.508 e. The Morgan fingerprint density at radius 2 is 1.43 bits per heavy atom. The highest BCUT2D eigenvalue weighted by Gasteiger charge is 2.70. The summed E-state index contributed by atoms with van der Waals surface area (Å²) in [6.45, 7) is 4.40. The number of hydrazine groups is 1. The third kappa shape index (κ3) is 5.39. The summed E-state index contributed by atoms with van der Waals surface area (Å²) in [6.07, 6.45) is 4.18. The second-order valence-corrected chi connectivity index (χ2v) is 15.7. The normalized spacial score (nSPS) is 28.5. The Morgan fingerprint density at radius 1 is 0.759 bits per heavy atom. The molecule has 5 aliphatic rings. The number of hydrogen-bond donors (Lipinski definition) is 2. The second-order valence-electron chi connectivity index (χ2n) is 15.7. The van der Waals surface area contributed by atoms with Crippen molar-refractivity contribution >= 4 is 29.3 Å². The summed E-state index contributed by atoms with van der Waals surface area (Å²) >= 11 is 0. The molecule has 4 aromatic rings. The summed E-state index contributed by atoms with van der Waals surface area (Å²) < 4.78 is 0. The zero-order chi connectivity index (χ0) is 37.1. The van der Waals surface area contributed by atoms with Crippen molar-refractivity contribution in [3.05, 3.63) is 143 Å². The molecule has 6 atom stereocenters. The van der Waals surface area contributed by atoms with Crippen molar-refractivity contribution in [1.82, 2.24) is 14.8 Å². The molecule has 2 N–H and O–H groups in total. The number of aryl methyl sites for hydroxylation is 1. The molecule has 4 amide bonds. The third-order valence-corrected chi connectivity index (χ3v) is 12.8. The molecule has 9 rings (SSSR count). The highest BCUT2D eigenvalue weighted by atomic mass is 16.3. The van der Waals surface area contributed by atoms with Crippen molar-refractivity contribution in [1.29, 1.82) is 0 Å². The number of likely N-dealkylation sites (tertiary alicyclic amines) is 2. The van der Waals surface area contributed by atoms with Gasteiger partial charge in [0, 0.05) is 31.6 Å². The highest BCUT2D eigenvalue weighted by Crippen LogP contribution is 2.64. The number of piperidine rings is 1. The average Bonchev–Trinajstić information content (AvgIpc) is 3.58. The number of rotatable bonds is 7. The lowest BCUT2D eigenvalue weighted by Crippen LogP contribution is -2.53. The van der Waals surface area contributed by atoms with Crippen molar-refractivity contribution in [2.24, 2.45) is 23.7 Å². The van der Waals surface area contributed by atoms with E-state index < -0.39 is 35.0 Å². The van der Waals surface area contributed by atoms with Gasteiger partial charge in [0.1, 0.15) is 5.75 Å². The molecular formula is C45H44N4O5. The van der Waals surface area contributed by atoms with Crippen LogP contribution in [0.25, 0.3) is 0 Å². The van der Waals surface area contributed by atoms with E-state index in [0.29, 0.717) is 12.1 Å². The number of phenolic OH excluding ortho intramolecular Hbond substituents is 1. The SMILES string of the molecule is Cc1ccc(NN2C(=O)[C@@H]3C[C@@H]4C(=CC[C@@H]5C(=O)N(C6CCN(Cc7ccccc7)CC6)C(=O)[C@@H]54)[C@H](c4ccc(O)cc4)[C@]3(c3ccccc3)C2=O)cc1. The summed E-state index contributed by atoms with van der Waals surface area (Å²) in [4.78, 5) is 63.1. The van der Waals surface area contributed by atoms with Crippen LogP contribution in [0.5, 0.6) is 5.75 Å². The Labute approximate surface area is 315 Å². The first-order chi connectivity index (χ1) is 26.3. The Hall–Kier alpha value is -5.54. The van der Waals surface area contributed by atoms with Gasteiger partial charge in [-0.25, -0.2) is 0 Å². The van der Waals surface area contributed by atoms with Crippen LogP contribution >= 0.6 is 0 Å². The molecular weight excluding hydrogens is 677 g/mol. The van der Waals surface area contributed by atoms with Crippen LogP contribution in [-0.4, -0.2) is 62.7 Å². The van der Waals surface area contributed by atoms with Crippen LogP contribution in [0.2, 0.25) is 0 Å². The Kier molecular flexibility index (Phi) is 8.49. The number of benzene rings is 4. The molecule has 9 nitrogen and oxygen atoms in total. The topological polar surface area (TPSA) is 110 Å². The lowest BCUT2D eigenvalue weighted by atomic mass is 9.49. The first kappa shape index (κ1) is 34.2. The molecule has 0 bridgehead atoms. The number of nitrogens with one attached hydrogen (secondary N) is 1. The summed E-state index contributed by atoms with van der Waals surface area (Å²) in [7, 11) is 0. The van der Waals surface area contributed by atoms with E-state index in [2.05, 4.69) is 28.5 Å². The summed E-state index contributed by atoms with van der Waals surface area (Å²) in [5.74, 6) is -3.86. The fourth-order valence-electron chi connectivity index (χ4n) is 10.4. The van der Waals surface area contributed by atoms with Gasteiger partial charge in [-0.3, -0.25) is 34.4 Å². The van der Waals surface area contributed by atoms with Crippen LogP contribution in [0.4, 0.5) is 5.69 Å². The second kappa shape index (κ2) is 13.4. The van der Waals surface area contributed by atoms with Gasteiger partial charge in [0.2, 0.25) is 11.8 Å². The van der Waals surface area contributed by atoms with Gasteiger partial charge < -0.3 is 5.11 Å². The summed E-state index contributed by atoms with van der Waals surface area (Å²) in [5.41, 5.74) is 7.14. The van der Waals surface area contributed by atoms with E-state index in [-0.39, 0.29) is 41.8 Å². The van der Waals surface area contributed by atoms with E-state index in [4.69, 9.17) is 0 Å². The maximum Gasteiger partial charge on any atom is 0.260 e. The van der Waals surface area contributed by atoms with E-state index in [9.17, 15) is 19.5 Å². The fraction of sp³-hybridized carbons (Fsp3) is 0.333. The number of amides is 4. The minimum absolute atomic E-state index is 0.0904. The van der Waals surface area contributed by atoms with E-state index in [1.165, 1.54) is 10.6 Å². The van der Waals surface area contributed by atoms with Crippen molar-refractivity contribution in [2.75, 3.05) is 18.5 Å². The predicted molar refractivity (Wildman–Crippen MR) is 203 cm³/mol. The average molecular weight is 721 g/mol. The zero-order valence-electron chi connectivity index (χ0n) is 30.3. The van der Waals surface area contributed by atoms with Crippen LogP contribution in [-0.2, 0) is 31.1 Å². The lowest BCUT2D eigenvalue weighted by Gasteiger charge is -2.50. The number of fused-ring (bicyclic) bond motifs is 4. The summed E-state index contributed by atoms with van der Waals surface area (Å²) in [5, 5.41) is 11.5. The third-order valence-electron chi connectivity index (χ3n) is 12.8. The maximum atomic E-state index is 15.2. The van der Waals surface area contributed by atoms with Crippen LogP contribution in [0.15, 0.2) is 121 Å². The van der Waals surface area contributed by atoms with Crippen LogP contribution < -0.4 is 5.43 Å². The minimum atomic E-state index is -1.33. The molecule has 3 heterocycles. The Balaban J connectivity index is 1.09. The molecule has 4 fully saturated rings. The summed E-state index contributed by atoms with van der Waals surface area (Å²) in [6, 6.07) is 34.1. The van der Waals surface area contributed by atoms with Gasteiger partial charge in [-0.15, -0.1) is 0 Å². The molecule has 3 saturated heterocycles. The van der Waals surface area contributed by atoms with E-state index in [0.717, 1.165) is 54.7 Å². The molecule has 274 valence electrons. The molecule has 0 aromatic heterocycles. The molecule has 2 aliphatic carbocycles. The Bertz CT molecular complexity index is 2130. The standard InChI is InChI=1S/C45H44N4O5/c1-28-12-16-32(17-13-28)46-49-42(52)38-26-37-35(40(30-14-18-34(50)19-15-30)45(38,44(49)54)31-10-6-3-7-11-31)20-21-36-39(37)43(53)48(41(36)51)33-22-24-47(25-23-33)27-29-8-4-2-5-9-29/h2-20,33,36-40,46,50H,21-27H2,1H3/t36-,37+,38-,39-,40-,45+/m0/s1. The van der Waals surface area contributed by atoms with Crippen LogP contribution in [0, 0.1) is 30.6 Å². The van der Waals surface area contributed by atoms with Gasteiger partial charge in [-0.2, -0.15) is 5.01 Å². The van der Waals surface area contributed by atoms with Crippen LogP contribution in [0.3, 0.4) is 0 Å². The lowest BCUT2D eigenvalue weighted by molar-refractivity contribution is -0.144. The van der Waals surface area contributed by atoms with Crippen molar-refractivity contribution < 1.29 is 24.3 Å². The number of carbonyl (C=O) groups excluding carboxylic acids is 4. The highest BCUT2D eigenvalue weighted by molar-refractivity contribution is 6.13. The van der Waals surface area contributed by atoms with E-state index >= 15 is 4.79 Å². The molecule has 0 unspecified atom stereocenters. The number of phenols is 1. The molecule has 3 aliphatic heterocycles. The van der Waals surface area contributed by atoms with Gasteiger partial charge >= 0.3 is 0 Å². The van der Waals surface area contributed by atoms with Crippen LogP contribution in [0.1, 0.15) is 53.9 Å². The molecule has 54 heavy (non-hydrogen) atoms. The van der Waals surface area contributed by atoms with Gasteiger partial charge in [-0.05, 0) is 79.5 Å². The van der Waals surface area contributed by atoms with Crippen molar-refractivity contribution in [3.63, 3.8) is 0 Å². The van der Waals surface area contributed by atoms with Crippen molar-refractivity contribution in [2.45, 2.75) is 56.5 Å². The van der Waals surface area contributed by atoms with E-state index in [1.54, 1.807) is 17.0 Å². The predicted octanol–water partition coefficient (Wildman–Crippen LogP) is 6.35. The van der Waals surface area contributed by atoms with Gasteiger partial charge in [0.15, 0.2) is 0 Å². The fourth-order valence-corrected chi connectivity index (χ4v) is 10.4. The smallest absolute Gasteiger partial charge is 0.260 e. The quantitative estimate of drug-likeness (QED) is 0.169. The first-order valence-corrected chi connectivity index (χ1v) is 19.1. The molecule has 1 saturated carbocycles. The largest absolute Gasteiger partial charge is 0.508 e. The van der Waals surface area contributed by atoms with Gasteiger partial charge in [0.05, 0.1) is 28.9 Å². The molecule has 0 spiro atoms. The molecule has 0 radical (unpaired) electrons. The molecule has 4 aromatic carbocycles. The van der Waals surface area contributed by atoms with E-state index in [1.807, 2.05) is 91.9 Å². The number of carbonyl (C=O) groups is 4. The number of imide groups is 2. The zero-order valence-corrected chi connectivity index (χ0v) is 30.3. The molecule has 9 heteroatoms. The van der Waals surface area contributed by atoms with Gasteiger partial charge in [-0.1, -0.05) is 102 Å².